The summed E-state index contributed by atoms with van der Waals surface area (Å²) in [6, 6.07) is 19.4. The third kappa shape index (κ3) is 6.36. The van der Waals surface area contributed by atoms with Gasteiger partial charge in [-0.3, -0.25) is 9.10 Å². The number of rotatable bonds is 6. The Morgan fingerprint density at radius 2 is 1.47 bits per heavy atom. The normalized spacial score (nSPS) is 12.0. The molecule has 0 bridgehead atoms. The van der Waals surface area contributed by atoms with E-state index < -0.39 is 39.3 Å². The number of carbonyl (C=O) groups is 2. The highest BCUT2D eigenvalue weighted by atomic mass is 32.2. The van der Waals surface area contributed by atoms with Gasteiger partial charge in [0, 0.05) is 47.6 Å². The molecule has 0 unspecified atom stereocenters. The first-order chi connectivity index (χ1) is 23.1. The fourth-order valence-corrected chi connectivity index (χ4v) is 6.02. The highest BCUT2D eigenvalue weighted by Gasteiger charge is 2.27. The van der Waals surface area contributed by atoms with Crippen molar-refractivity contribution >= 4 is 49.6 Å². The van der Waals surface area contributed by atoms with E-state index in [-0.39, 0.29) is 22.6 Å². The van der Waals surface area contributed by atoms with Crippen LogP contribution in [0.5, 0.6) is 0 Å². The minimum Gasteiger partial charge on any atom is -0.455 e. The molecular formula is C36H32F2N4O6S. The molecule has 0 saturated carbocycles. The van der Waals surface area contributed by atoms with Crippen molar-refractivity contribution in [2.24, 2.45) is 0 Å². The second-order valence-corrected chi connectivity index (χ2v) is 14.5. The maximum atomic E-state index is 13.9. The van der Waals surface area contributed by atoms with Gasteiger partial charge in [0.2, 0.25) is 10.0 Å². The van der Waals surface area contributed by atoms with Crippen molar-refractivity contribution in [3.8, 4) is 33.7 Å². The van der Waals surface area contributed by atoms with Crippen LogP contribution in [0.25, 0.3) is 55.6 Å². The van der Waals surface area contributed by atoms with Gasteiger partial charge in [0.1, 0.15) is 34.3 Å². The predicted octanol–water partition coefficient (Wildman–Crippen LogP) is 7.60. The number of furan rings is 1. The molecule has 0 aliphatic heterocycles. The van der Waals surface area contributed by atoms with Gasteiger partial charge in [-0.1, -0.05) is 6.07 Å². The van der Waals surface area contributed by atoms with Gasteiger partial charge < -0.3 is 14.5 Å². The van der Waals surface area contributed by atoms with Crippen molar-refractivity contribution in [2.75, 3.05) is 24.7 Å². The number of amides is 1. The lowest BCUT2D eigenvalue weighted by Gasteiger charge is -2.21. The predicted molar refractivity (Wildman–Crippen MR) is 184 cm³/mol. The smallest absolute Gasteiger partial charge is 0.435 e. The largest absolute Gasteiger partial charge is 0.455 e. The summed E-state index contributed by atoms with van der Waals surface area (Å²) in [5, 5.41) is 8.06. The Kier molecular flexibility index (Phi) is 8.27. The zero-order chi connectivity index (χ0) is 35.4. The van der Waals surface area contributed by atoms with E-state index in [2.05, 4.69) is 10.4 Å². The molecule has 1 amide bonds. The second-order valence-electron chi connectivity index (χ2n) is 12.5. The number of ether oxygens (including phenoxy) is 1. The van der Waals surface area contributed by atoms with Gasteiger partial charge >= 0.3 is 6.09 Å². The number of nitrogens with zero attached hydrogens (tertiary/aromatic N) is 3. The molecule has 6 aromatic rings. The zero-order valence-corrected chi connectivity index (χ0v) is 28.3. The lowest BCUT2D eigenvalue weighted by atomic mass is 9.96. The Balaban J connectivity index is 1.65. The van der Waals surface area contributed by atoms with Gasteiger partial charge in [0.15, 0.2) is 0 Å². The van der Waals surface area contributed by atoms with Crippen LogP contribution in [0.4, 0.5) is 19.3 Å². The Morgan fingerprint density at radius 1 is 0.878 bits per heavy atom. The van der Waals surface area contributed by atoms with Crippen molar-refractivity contribution in [1.82, 2.24) is 15.1 Å². The quantitative estimate of drug-likeness (QED) is 0.191. The first-order valence-corrected chi connectivity index (χ1v) is 17.0. The molecular weight excluding hydrogens is 654 g/mol. The van der Waals surface area contributed by atoms with E-state index in [0.29, 0.717) is 44.2 Å². The van der Waals surface area contributed by atoms with Crippen molar-refractivity contribution in [2.45, 2.75) is 26.4 Å². The number of fused-ring (bicyclic) bond motifs is 2. The molecule has 0 aliphatic carbocycles. The van der Waals surface area contributed by atoms with Gasteiger partial charge in [-0.15, -0.1) is 0 Å². The van der Waals surface area contributed by atoms with Crippen LogP contribution in [0.15, 0.2) is 83.3 Å². The van der Waals surface area contributed by atoms with Crippen LogP contribution in [0.2, 0.25) is 0 Å². The molecule has 4 aromatic carbocycles. The molecule has 252 valence electrons. The van der Waals surface area contributed by atoms with E-state index >= 15 is 0 Å². The van der Waals surface area contributed by atoms with Gasteiger partial charge in [-0.25, -0.2) is 22.0 Å². The molecule has 13 heteroatoms. The first-order valence-electron chi connectivity index (χ1n) is 15.1. The molecule has 49 heavy (non-hydrogen) atoms. The molecule has 6 rings (SSSR count). The topological polar surface area (TPSA) is 124 Å². The molecule has 2 aromatic heterocycles. The van der Waals surface area contributed by atoms with Gasteiger partial charge in [-0.05, 0) is 93.1 Å². The lowest BCUT2D eigenvalue weighted by Crippen LogP contribution is -2.27. The molecule has 0 atom stereocenters. The van der Waals surface area contributed by atoms with Crippen molar-refractivity contribution in [1.29, 1.82) is 0 Å². The monoisotopic (exact) mass is 686 g/mol. The molecule has 10 nitrogen and oxygen atoms in total. The Morgan fingerprint density at radius 3 is 2.04 bits per heavy atom. The number of aromatic nitrogens is 2. The zero-order valence-electron chi connectivity index (χ0n) is 27.5. The molecule has 2 heterocycles. The number of benzene rings is 4. The van der Waals surface area contributed by atoms with E-state index in [1.165, 1.54) is 68.7 Å². The molecule has 0 spiro atoms. The van der Waals surface area contributed by atoms with Crippen LogP contribution in [-0.2, 0) is 14.8 Å². The summed E-state index contributed by atoms with van der Waals surface area (Å²) in [5.74, 6) is -1.21. The summed E-state index contributed by atoms with van der Waals surface area (Å²) in [4.78, 5) is 26.6. The van der Waals surface area contributed by atoms with E-state index in [4.69, 9.17) is 9.15 Å². The van der Waals surface area contributed by atoms with E-state index in [9.17, 15) is 26.8 Å². The molecule has 0 saturated heterocycles. The van der Waals surface area contributed by atoms with Gasteiger partial charge in [0.25, 0.3) is 5.91 Å². The molecule has 0 fully saturated rings. The number of sulfonamides is 1. The summed E-state index contributed by atoms with van der Waals surface area (Å²) in [6.45, 7) is 5.20. The van der Waals surface area contributed by atoms with Crippen LogP contribution in [0.1, 0.15) is 31.1 Å². The summed E-state index contributed by atoms with van der Waals surface area (Å²) < 4.78 is 67.5. The summed E-state index contributed by atoms with van der Waals surface area (Å²) in [7, 11) is -0.938. The van der Waals surface area contributed by atoms with E-state index in [1.54, 1.807) is 45.0 Å². The molecule has 0 radical (unpaired) electrons. The highest BCUT2D eigenvalue weighted by molar-refractivity contribution is 7.92. The minimum atomic E-state index is -3.80. The van der Waals surface area contributed by atoms with Gasteiger partial charge in [-0.2, -0.15) is 9.78 Å². The standard InChI is InChI=1S/C36H32F2N4O6S/c1-36(2,3)48-35(44)42-28-16-11-22(17-26(28)32(40-42)20-7-12-23(37)13-8-20)25-18-27-30(19-29(25)41(5)49(6,45)46)47-33(31(27)34(43)39-4)21-9-14-24(38)15-10-21/h7-19H,1-6H3,(H,39,43). The first kappa shape index (κ1) is 33.3. The van der Waals surface area contributed by atoms with Crippen molar-refractivity contribution in [3.63, 3.8) is 0 Å². The lowest BCUT2D eigenvalue weighted by molar-refractivity contribution is 0.0523. The SMILES string of the molecule is CNC(=O)c1c(-c2ccc(F)cc2)oc2cc(N(C)S(C)(=O)=O)c(-c3ccc4c(c3)c(-c3ccc(F)cc3)nn4C(=O)OC(C)(C)C)cc12. The summed E-state index contributed by atoms with van der Waals surface area (Å²) >= 11 is 0. The average molecular weight is 687 g/mol. The summed E-state index contributed by atoms with van der Waals surface area (Å²) in [5.41, 5.74) is 2.45. The van der Waals surface area contributed by atoms with E-state index in [0.717, 1.165) is 15.2 Å². The summed E-state index contributed by atoms with van der Waals surface area (Å²) in [6.07, 6.45) is 0.337. The second kappa shape index (κ2) is 12.2. The van der Waals surface area contributed by atoms with Crippen LogP contribution in [-0.4, -0.2) is 56.2 Å². The van der Waals surface area contributed by atoms with E-state index in [1.807, 2.05) is 0 Å². The maximum Gasteiger partial charge on any atom is 0.435 e. The van der Waals surface area contributed by atoms with Crippen molar-refractivity contribution in [3.05, 3.63) is 96.1 Å². The third-order valence-corrected chi connectivity index (χ3v) is 9.07. The third-order valence-electron chi connectivity index (χ3n) is 7.88. The Bertz CT molecular complexity index is 2380. The molecule has 0 aliphatic rings. The number of carbonyl (C=O) groups excluding carboxylic acids is 2. The fourth-order valence-electron chi connectivity index (χ4n) is 5.51. The minimum absolute atomic E-state index is 0.171. The number of hydrogen-bond acceptors (Lipinski definition) is 7. The highest BCUT2D eigenvalue weighted by Crippen LogP contribution is 2.42. The maximum absolute atomic E-state index is 13.9. The number of anilines is 1. The van der Waals surface area contributed by atoms with Crippen LogP contribution in [0.3, 0.4) is 0 Å². The van der Waals surface area contributed by atoms with Crippen LogP contribution >= 0.6 is 0 Å². The molecule has 1 N–H and O–H groups in total. The number of halogens is 2. The van der Waals surface area contributed by atoms with Crippen LogP contribution in [0, 0.1) is 11.6 Å². The number of hydrogen-bond donors (Lipinski definition) is 1. The fraction of sp³-hybridized carbons (Fsp3) is 0.194. The van der Waals surface area contributed by atoms with Gasteiger partial charge in [0.05, 0.1) is 23.0 Å². The number of nitrogens with one attached hydrogen (secondary N) is 1. The van der Waals surface area contributed by atoms with Crippen molar-refractivity contribution < 1.29 is 35.9 Å². The van der Waals surface area contributed by atoms with Crippen LogP contribution < -0.4 is 9.62 Å². The Hall–Kier alpha value is -5.56. The Labute approximate surface area is 280 Å². The average Bonchev–Trinajstić information content (AvgIpc) is 3.61.